The van der Waals surface area contributed by atoms with Crippen molar-refractivity contribution in [2.75, 3.05) is 0 Å². The van der Waals surface area contributed by atoms with Gasteiger partial charge in [0, 0.05) is 16.6 Å². The van der Waals surface area contributed by atoms with E-state index in [1.807, 2.05) is 25.3 Å². The van der Waals surface area contributed by atoms with Crippen molar-refractivity contribution in [1.29, 1.82) is 0 Å². The molecule has 0 saturated heterocycles. The van der Waals surface area contributed by atoms with Gasteiger partial charge in [-0.05, 0) is 31.4 Å². The summed E-state index contributed by atoms with van der Waals surface area (Å²) in [6, 6.07) is 3.68. The van der Waals surface area contributed by atoms with Gasteiger partial charge in [-0.3, -0.25) is 0 Å². The third kappa shape index (κ3) is 2.06. The molecule has 0 spiro atoms. The highest BCUT2D eigenvalue weighted by atomic mass is 32.1. The molecule has 0 aliphatic carbocycles. The molecule has 3 nitrogen and oxygen atoms in total. The first-order valence-corrected chi connectivity index (χ1v) is 5.58. The molecule has 78 valence electrons. The Morgan fingerprint density at radius 1 is 1.33 bits per heavy atom. The first kappa shape index (κ1) is 10.3. The first-order valence-electron chi connectivity index (χ1n) is 4.70. The van der Waals surface area contributed by atoms with Gasteiger partial charge in [-0.25, -0.2) is 9.97 Å². The minimum atomic E-state index is -0.641. The second-order valence-electron chi connectivity index (χ2n) is 3.36. The van der Waals surface area contributed by atoms with Gasteiger partial charge in [-0.15, -0.1) is 11.3 Å². The van der Waals surface area contributed by atoms with Gasteiger partial charge in [0.2, 0.25) is 0 Å². The molecule has 0 saturated carbocycles. The maximum Gasteiger partial charge on any atom is 0.125 e. The number of hydrogen-bond donors (Lipinski definition) is 1. The summed E-state index contributed by atoms with van der Waals surface area (Å²) in [5.74, 6) is 0.680. The number of hydrogen-bond acceptors (Lipinski definition) is 4. The van der Waals surface area contributed by atoms with E-state index in [2.05, 4.69) is 9.97 Å². The van der Waals surface area contributed by atoms with Crippen LogP contribution in [0, 0.1) is 13.8 Å². The highest BCUT2D eigenvalue weighted by molar-refractivity contribution is 7.10. The summed E-state index contributed by atoms with van der Waals surface area (Å²) in [5.41, 5.74) is 1.59. The van der Waals surface area contributed by atoms with Crippen molar-refractivity contribution >= 4 is 11.3 Å². The van der Waals surface area contributed by atoms with E-state index in [0.717, 1.165) is 10.4 Å². The lowest BCUT2D eigenvalue weighted by molar-refractivity contribution is 0.214. The predicted molar refractivity (Wildman–Crippen MR) is 59.9 cm³/mol. The van der Waals surface area contributed by atoms with Crippen molar-refractivity contribution in [3.05, 3.63) is 45.7 Å². The molecule has 1 unspecified atom stereocenters. The second-order valence-corrected chi connectivity index (χ2v) is 4.48. The molecular weight excluding hydrogens is 208 g/mol. The van der Waals surface area contributed by atoms with Gasteiger partial charge in [0.05, 0.1) is 5.69 Å². The van der Waals surface area contributed by atoms with Gasteiger partial charge in [-0.1, -0.05) is 0 Å². The lowest BCUT2D eigenvalue weighted by Crippen LogP contribution is -2.04. The van der Waals surface area contributed by atoms with E-state index in [0.29, 0.717) is 11.5 Å². The Morgan fingerprint density at radius 2 is 2.13 bits per heavy atom. The van der Waals surface area contributed by atoms with Gasteiger partial charge < -0.3 is 5.11 Å². The van der Waals surface area contributed by atoms with Crippen LogP contribution in [0.2, 0.25) is 0 Å². The smallest absolute Gasteiger partial charge is 0.125 e. The zero-order chi connectivity index (χ0) is 10.8. The van der Waals surface area contributed by atoms with Crippen molar-refractivity contribution in [3.63, 3.8) is 0 Å². The van der Waals surface area contributed by atoms with Gasteiger partial charge >= 0.3 is 0 Å². The molecule has 0 bridgehead atoms. The molecule has 2 aromatic rings. The van der Waals surface area contributed by atoms with Crippen LogP contribution in [0.25, 0.3) is 0 Å². The minimum Gasteiger partial charge on any atom is -0.382 e. The lowest BCUT2D eigenvalue weighted by atomic mass is 10.1. The van der Waals surface area contributed by atoms with E-state index in [4.69, 9.17) is 0 Å². The largest absolute Gasteiger partial charge is 0.382 e. The fraction of sp³-hybridized carbons (Fsp3) is 0.273. The average molecular weight is 220 g/mol. The van der Waals surface area contributed by atoms with Crippen molar-refractivity contribution in [3.8, 4) is 0 Å². The van der Waals surface area contributed by atoms with E-state index in [9.17, 15) is 5.11 Å². The van der Waals surface area contributed by atoms with E-state index in [1.54, 1.807) is 23.6 Å². The number of rotatable bonds is 2. The molecule has 15 heavy (non-hydrogen) atoms. The number of aliphatic hydroxyl groups excluding tert-OH is 1. The molecule has 2 rings (SSSR count). The molecule has 0 aromatic carbocycles. The minimum absolute atomic E-state index is 0.641. The highest BCUT2D eigenvalue weighted by Crippen LogP contribution is 2.26. The molecule has 0 aliphatic rings. The van der Waals surface area contributed by atoms with Crippen LogP contribution in [0.5, 0.6) is 0 Å². The monoisotopic (exact) mass is 220 g/mol. The van der Waals surface area contributed by atoms with Crippen LogP contribution in [0.4, 0.5) is 0 Å². The van der Waals surface area contributed by atoms with Crippen LogP contribution < -0.4 is 0 Å². The Balaban J connectivity index is 2.36. The maximum absolute atomic E-state index is 10.1. The Morgan fingerprint density at radius 3 is 2.73 bits per heavy atom. The number of aryl methyl sites for hydroxylation is 2. The third-order valence-electron chi connectivity index (χ3n) is 2.27. The van der Waals surface area contributed by atoms with E-state index in [-0.39, 0.29) is 0 Å². The van der Waals surface area contributed by atoms with Gasteiger partial charge in [-0.2, -0.15) is 0 Å². The average Bonchev–Trinajstić information content (AvgIpc) is 2.63. The number of aliphatic hydroxyl groups is 1. The van der Waals surface area contributed by atoms with Crippen LogP contribution in [0.15, 0.2) is 23.7 Å². The molecule has 1 N–H and O–H groups in total. The highest BCUT2D eigenvalue weighted by Gasteiger charge is 2.14. The summed E-state index contributed by atoms with van der Waals surface area (Å²) >= 11 is 1.63. The SMILES string of the molecule is Cc1nccc(C(O)c2ccsc2C)n1. The Labute approximate surface area is 92.5 Å². The van der Waals surface area contributed by atoms with Crippen LogP contribution in [0.1, 0.15) is 28.1 Å². The number of nitrogens with zero attached hydrogens (tertiary/aromatic N) is 2. The van der Waals surface area contributed by atoms with Gasteiger partial charge in [0.1, 0.15) is 11.9 Å². The quantitative estimate of drug-likeness (QED) is 0.844. The molecule has 4 heteroatoms. The fourth-order valence-electron chi connectivity index (χ4n) is 1.46. The summed E-state index contributed by atoms with van der Waals surface area (Å²) in [6.07, 6.45) is 1.03. The number of thiophene rings is 1. The molecule has 2 aromatic heterocycles. The van der Waals surface area contributed by atoms with Crippen LogP contribution in [-0.2, 0) is 0 Å². The first-order chi connectivity index (χ1) is 7.18. The Kier molecular flexibility index (Phi) is 2.79. The Bertz CT molecular complexity index is 467. The van der Waals surface area contributed by atoms with Gasteiger partial charge in [0.15, 0.2) is 0 Å². The summed E-state index contributed by atoms with van der Waals surface area (Å²) in [7, 11) is 0. The van der Waals surface area contributed by atoms with Crippen molar-refractivity contribution < 1.29 is 5.11 Å². The van der Waals surface area contributed by atoms with Crippen LogP contribution in [-0.4, -0.2) is 15.1 Å². The molecule has 0 amide bonds. The van der Waals surface area contributed by atoms with Crippen LogP contribution >= 0.6 is 11.3 Å². The standard InChI is InChI=1S/C11H12N2OS/c1-7-9(4-6-15-7)11(14)10-3-5-12-8(2)13-10/h3-6,11,14H,1-2H3. The molecule has 1 atom stereocenters. The van der Waals surface area contributed by atoms with E-state index < -0.39 is 6.10 Å². The lowest BCUT2D eigenvalue weighted by Gasteiger charge is -2.09. The molecule has 0 radical (unpaired) electrons. The van der Waals surface area contributed by atoms with Gasteiger partial charge in [0.25, 0.3) is 0 Å². The molecule has 2 heterocycles. The maximum atomic E-state index is 10.1. The van der Waals surface area contributed by atoms with Crippen molar-refractivity contribution in [1.82, 2.24) is 9.97 Å². The van der Waals surface area contributed by atoms with Crippen LogP contribution in [0.3, 0.4) is 0 Å². The summed E-state index contributed by atoms with van der Waals surface area (Å²) in [5, 5.41) is 12.1. The normalized spacial score (nSPS) is 12.7. The zero-order valence-electron chi connectivity index (χ0n) is 8.64. The van der Waals surface area contributed by atoms with E-state index in [1.165, 1.54) is 0 Å². The number of aromatic nitrogens is 2. The van der Waals surface area contributed by atoms with Crippen molar-refractivity contribution in [2.45, 2.75) is 20.0 Å². The summed E-state index contributed by atoms with van der Waals surface area (Å²) < 4.78 is 0. The second kappa shape index (κ2) is 4.08. The molecule has 0 fully saturated rings. The predicted octanol–water partition coefficient (Wildman–Crippen LogP) is 2.24. The molecular formula is C11H12N2OS. The molecule has 0 aliphatic heterocycles. The Hall–Kier alpha value is -1.26. The third-order valence-corrected chi connectivity index (χ3v) is 3.13. The van der Waals surface area contributed by atoms with Crippen molar-refractivity contribution in [2.24, 2.45) is 0 Å². The van der Waals surface area contributed by atoms with E-state index >= 15 is 0 Å². The topological polar surface area (TPSA) is 46.0 Å². The fourth-order valence-corrected chi connectivity index (χ4v) is 2.20. The summed E-state index contributed by atoms with van der Waals surface area (Å²) in [4.78, 5) is 9.34. The summed E-state index contributed by atoms with van der Waals surface area (Å²) in [6.45, 7) is 3.81. The zero-order valence-corrected chi connectivity index (χ0v) is 9.45.